The molecule has 8 nitrogen and oxygen atoms in total. The summed E-state index contributed by atoms with van der Waals surface area (Å²) in [6.07, 6.45) is 10.8. The minimum atomic E-state index is 0.633. The van der Waals surface area contributed by atoms with E-state index in [4.69, 9.17) is 14.8 Å². The highest BCUT2D eigenvalue weighted by atomic mass is 16.5. The molecule has 8 heteroatoms. The Hall–Kier alpha value is -3.62. The molecule has 6 rings (SSSR count). The first kappa shape index (κ1) is 24.7. The highest BCUT2D eigenvalue weighted by molar-refractivity contribution is 5.78. The minimum absolute atomic E-state index is 0.633. The zero-order valence-corrected chi connectivity index (χ0v) is 22.2. The van der Waals surface area contributed by atoms with Crippen molar-refractivity contribution in [3.8, 4) is 22.5 Å². The average molecular weight is 510 g/mol. The molecule has 4 aromatic rings. The lowest BCUT2D eigenvalue weighted by atomic mass is 10.1. The first-order chi connectivity index (χ1) is 18.7. The monoisotopic (exact) mass is 509 g/mol. The molecule has 196 valence electrons. The van der Waals surface area contributed by atoms with Crippen LogP contribution in [0, 0.1) is 0 Å². The summed E-state index contributed by atoms with van der Waals surface area (Å²) in [6, 6.07) is 16.2. The van der Waals surface area contributed by atoms with Crippen molar-refractivity contribution in [2.75, 3.05) is 38.3 Å². The molecule has 2 unspecified atom stereocenters. The Bertz CT molecular complexity index is 1340. The van der Waals surface area contributed by atoms with Crippen molar-refractivity contribution < 1.29 is 4.74 Å². The number of hydrogen-bond donors (Lipinski definition) is 0. The van der Waals surface area contributed by atoms with Gasteiger partial charge in [0, 0.05) is 93.4 Å². The molecule has 2 aliphatic heterocycles. The van der Waals surface area contributed by atoms with Crippen molar-refractivity contribution in [2.45, 2.75) is 44.8 Å². The lowest BCUT2D eigenvalue weighted by molar-refractivity contribution is 0.106. The van der Waals surface area contributed by atoms with Gasteiger partial charge in [-0.25, -0.2) is 9.97 Å². The Morgan fingerprint density at radius 3 is 2.53 bits per heavy atom. The van der Waals surface area contributed by atoms with E-state index in [0.29, 0.717) is 18.5 Å². The van der Waals surface area contributed by atoms with Crippen LogP contribution in [0.5, 0.6) is 0 Å². The van der Waals surface area contributed by atoms with E-state index < -0.39 is 0 Å². The highest BCUT2D eigenvalue weighted by Crippen LogP contribution is 2.33. The Kier molecular flexibility index (Phi) is 7.16. The number of hydrogen-bond acceptors (Lipinski definition) is 7. The summed E-state index contributed by atoms with van der Waals surface area (Å²) < 4.78 is 7.28. The fraction of sp³-hybridized carbons (Fsp3) is 0.400. The lowest BCUT2D eigenvalue weighted by Crippen LogP contribution is -2.54. The predicted octanol–water partition coefficient (Wildman–Crippen LogP) is 4.31. The quantitative estimate of drug-likeness (QED) is 0.333. The van der Waals surface area contributed by atoms with E-state index in [1.807, 2.05) is 35.3 Å². The molecule has 0 radical (unpaired) electrons. The van der Waals surface area contributed by atoms with Crippen LogP contribution in [0.25, 0.3) is 22.5 Å². The summed E-state index contributed by atoms with van der Waals surface area (Å²) in [5.41, 5.74) is 6.28. The molecule has 5 heterocycles. The SMILES string of the molecule is CCn1cc(-c2ccnc(Cc3ccc(N4CC5CCC(C4)N5CCOC)cc3)n2)c(-c2cccnc2)n1. The first-order valence-electron chi connectivity index (χ1n) is 13.6. The number of fused-ring (bicyclic) bond motifs is 2. The number of benzene rings is 1. The third-order valence-corrected chi connectivity index (χ3v) is 7.85. The van der Waals surface area contributed by atoms with Crippen molar-refractivity contribution in [1.29, 1.82) is 0 Å². The maximum atomic E-state index is 5.34. The third kappa shape index (κ3) is 5.06. The Morgan fingerprint density at radius 1 is 1.00 bits per heavy atom. The summed E-state index contributed by atoms with van der Waals surface area (Å²) in [5, 5.41) is 4.78. The number of aryl methyl sites for hydroxylation is 1. The molecular formula is C30H35N7O. The average Bonchev–Trinajstić information content (AvgIpc) is 3.50. The van der Waals surface area contributed by atoms with Crippen LogP contribution < -0.4 is 4.90 Å². The number of pyridine rings is 1. The summed E-state index contributed by atoms with van der Waals surface area (Å²) >= 11 is 0. The number of nitrogens with zero attached hydrogens (tertiary/aromatic N) is 7. The Morgan fingerprint density at radius 2 is 1.82 bits per heavy atom. The van der Waals surface area contributed by atoms with Gasteiger partial charge >= 0.3 is 0 Å². The van der Waals surface area contributed by atoms with Gasteiger partial charge in [0.2, 0.25) is 0 Å². The largest absolute Gasteiger partial charge is 0.383 e. The van der Waals surface area contributed by atoms with Gasteiger partial charge in [0.05, 0.1) is 12.3 Å². The molecule has 2 saturated heterocycles. The van der Waals surface area contributed by atoms with Crippen LogP contribution in [0.2, 0.25) is 0 Å². The van der Waals surface area contributed by atoms with Crippen molar-refractivity contribution >= 4 is 5.69 Å². The van der Waals surface area contributed by atoms with Gasteiger partial charge in [-0.3, -0.25) is 14.6 Å². The van der Waals surface area contributed by atoms with Crippen LogP contribution in [0.3, 0.4) is 0 Å². The molecule has 0 spiro atoms. The van der Waals surface area contributed by atoms with Gasteiger partial charge in [0.25, 0.3) is 0 Å². The van der Waals surface area contributed by atoms with Gasteiger partial charge in [-0.15, -0.1) is 0 Å². The summed E-state index contributed by atoms with van der Waals surface area (Å²) in [6.45, 7) is 6.93. The standard InChI is InChI=1S/C30H35N7O/c1-3-36-21-27(30(34-36)23-5-4-13-31-18-23)28-12-14-32-29(33-28)17-22-6-8-24(9-7-22)35-19-25-10-11-26(20-35)37(25)15-16-38-2/h4-9,12-14,18,21,25-26H,3,10-11,15-17,19-20H2,1-2H3. The number of ether oxygens (including phenoxy) is 1. The summed E-state index contributed by atoms with van der Waals surface area (Å²) in [5.74, 6) is 0.807. The van der Waals surface area contributed by atoms with Crippen molar-refractivity contribution in [1.82, 2.24) is 29.6 Å². The Balaban J connectivity index is 1.17. The fourth-order valence-electron chi connectivity index (χ4n) is 5.89. The molecular weight excluding hydrogens is 474 g/mol. The van der Waals surface area contributed by atoms with Gasteiger partial charge in [0.15, 0.2) is 0 Å². The van der Waals surface area contributed by atoms with Crippen molar-refractivity contribution in [2.24, 2.45) is 0 Å². The molecule has 2 bridgehead atoms. The smallest absolute Gasteiger partial charge is 0.133 e. The molecule has 1 aromatic carbocycles. The molecule has 0 N–H and O–H groups in total. The second-order valence-electron chi connectivity index (χ2n) is 10.2. The van der Waals surface area contributed by atoms with Crippen LogP contribution in [0.1, 0.15) is 31.2 Å². The number of aromatic nitrogens is 5. The number of rotatable bonds is 9. The Labute approximate surface area is 224 Å². The van der Waals surface area contributed by atoms with Crippen molar-refractivity contribution in [3.05, 3.63) is 78.6 Å². The molecule has 2 atom stereocenters. The van der Waals surface area contributed by atoms with E-state index in [9.17, 15) is 0 Å². The zero-order chi connectivity index (χ0) is 25.9. The van der Waals surface area contributed by atoms with E-state index in [-0.39, 0.29) is 0 Å². The molecule has 0 amide bonds. The third-order valence-electron chi connectivity index (χ3n) is 7.85. The molecule has 2 aliphatic rings. The summed E-state index contributed by atoms with van der Waals surface area (Å²) in [4.78, 5) is 19.0. The second kappa shape index (κ2) is 11.0. The topological polar surface area (TPSA) is 72.2 Å². The maximum absolute atomic E-state index is 5.34. The van der Waals surface area contributed by atoms with Gasteiger partial charge in [-0.05, 0) is 55.7 Å². The molecule has 2 fully saturated rings. The van der Waals surface area contributed by atoms with E-state index >= 15 is 0 Å². The van der Waals surface area contributed by atoms with Crippen molar-refractivity contribution in [3.63, 3.8) is 0 Å². The predicted molar refractivity (Wildman–Crippen MR) is 149 cm³/mol. The van der Waals surface area contributed by atoms with Crippen LogP contribution in [-0.4, -0.2) is 75.1 Å². The highest BCUT2D eigenvalue weighted by Gasteiger charge is 2.39. The van der Waals surface area contributed by atoms with E-state index in [2.05, 4.69) is 57.2 Å². The molecule has 0 saturated carbocycles. The first-order valence-corrected chi connectivity index (χ1v) is 13.6. The van der Waals surface area contributed by atoms with Crippen LogP contribution in [-0.2, 0) is 17.7 Å². The van der Waals surface area contributed by atoms with Crippen LogP contribution >= 0.6 is 0 Å². The molecule has 3 aromatic heterocycles. The lowest BCUT2D eigenvalue weighted by Gasteiger charge is -2.42. The zero-order valence-electron chi connectivity index (χ0n) is 22.2. The van der Waals surface area contributed by atoms with E-state index in [1.54, 1.807) is 13.3 Å². The number of anilines is 1. The maximum Gasteiger partial charge on any atom is 0.133 e. The number of piperazine rings is 1. The van der Waals surface area contributed by atoms with E-state index in [0.717, 1.165) is 61.1 Å². The minimum Gasteiger partial charge on any atom is -0.383 e. The summed E-state index contributed by atoms with van der Waals surface area (Å²) in [7, 11) is 1.79. The molecule has 0 aliphatic carbocycles. The second-order valence-corrected chi connectivity index (χ2v) is 10.2. The van der Waals surface area contributed by atoms with Gasteiger partial charge in [0.1, 0.15) is 11.5 Å². The van der Waals surface area contributed by atoms with Gasteiger partial charge in [-0.1, -0.05) is 12.1 Å². The van der Waals surface area contributed by atoms with E-state index in [1.165, 1.54) is 24.1 Å². The van der Waals surface area contributed by atoms with Gasteiger partial charge < -0.3 is 9.64 Å². The molecule has 38 heavy (non-hydrogen) atoms. The number of methoxy groups -OCH3 is 1. The van der Waals surface area contributed by atoms with Crippen LogP contribution in [0.4, 0.5) is 5.69 Å². The van der Waals surface area contributed by atoms with Crippen LogP contribution in [0.15, 0.2) is 67.3 Å². The normalized spacial score (nSPS) is 19.3. The van der Waals surface area contributed by atoms with Gasteiger partial charge in [-0.2, -0.15) is 5.10 Å². The fourth-order valence-corrected chi connectivity index (χ4v) is 5.89.